The molecular weight excluding hydrogens is 328 g/mol. The first-order valence-electron chi connectivity index (χ1n) is 8.77. The number of hydrogen-bond acceptors (Lipinski definition) is 5. The lowest BCUT2D eigenvalue weighted by atomic mass is 9.85. The summed E-state index contributed by atoms with van der Waals surface area (Å²) in [7, 11) is 7.85. The van der Waals surface area contributed by atoms with Gasteiger partial charge in [0.05, 0.1) is 0 Å². The summed E-state index contributed by atoms with van der Waals surface area (Å²) >= 11 is 0. The van der Waals surface area contributed by atoms with Gasteiger partial charge in [0.2, 0.25) is 11.6 Å². The third kappa shape index (κ3) is 3.84. The van der Waals surface area contributed by atoms with Crippen LogP contribution < -0.4 is 0 Å². The van der Waals surface area contributed by atoms with Crippen LogP contribution >= 0.6 is 0 Å². The Labute approximate surface area is 155 Å². The van der Waals surface area contributed by atoms with Crippen LogP contribution in [0, 0.1) is 0 Å². The summed E-state index contributed by atoms with van der Waals surface area (Å²) in [6.07, 6.45) is 11.8. The van der Waals surface area contributed by atoms with Crippen LogP contribution in [0.15, 0.2) is 47.6 Å². The van der Waals surface area contributed by atoms with Crippen molar-refractivity contribution in [1.29, 1.82) is 0 Å². The van der Waals surface area contributed by atoms with Crippen molar-refractivity contribution in [3.63, 3.8) is 0 Å². The fraction of sp³-hybridized carbons (Fsp3) is 0.476. The number of hydrogen-bond donors (Lipinski definition) is 0. The lowest BCUT2D eigenvalue weighted by Gasteiger charge is -2.35. The quantitative estimate of drug-likeness (QED) is 0.539. The molecule has 0 aliphatic heterocycles. The molecule has 0 aromatic carbocycles. The van der Waals surface area contributed by atoms with Crippen molar-refractivity contribution in [3.05, 3.63) is 47.6 Å². The monoisotopic (exact) mass is 356 g/mol. The predicted molar refractivity (Wildman–Crippen MR) is 103 cm³/mol. The van der Waals surface area contributed by atoms with Crippen molar-refractivity contribution in [1.82, 2.24) is 9.80 Å². The molecule has 0 bridgehead atoms. The molecule has 0 N–H and O–H groups in total. The molecule has 2 unspecified atom stereocenters. The van der Waals surface area contributed by atoms with Crippen molar-refractivity contribution in [3.8, 4) is 0 Å². The van der Waals surface area contributed by atoms with E-state index in [0.29, 0.717) is 24.0 Å². The van der Waals surface area contributed by atoms with E-state index in [1.54, 1.807) is 24.3 Å². The lowest BCUT2D eigenvalue weighted by Crippen LogP contribution is -2.41. The van der Waals surface area contributed by atoms with Crippen molar-refractivity contribution in [2.75, 3.05) is 28.2 Å². The Morgan fingerprint density at radius 3 is 1.35 bits per heavy atom. The van der Waals surface area contributed by atoms with Crippen LogP contribution in [-0.2, 0) is 14.4 Å². The third-order valence-corrected chi connectivity index (χ3v) is 5.69. The standard InChI is InChI=1S/C21H28N2O3/c1-20(22(3)4)11-7-15(8-12-20)17(24)19(26)18(25)16-9-13-21(2,14-10-16)23(5)6/h7-11,13H,12,14H2,1-6H3. The Balaban J connectivity index is 2.09. The van der Waals surface area contributed by atoms with Crippen LogP contribution in [0.3, 0.4) is 0 Å². The summed E-state index contributed by atoms with van der Waals surface area (Å²) in [5.74, 6) is -2.44. The van der Waals surface area contributed by atoms with Crippen LogP contribution in [0.4, 0.5) is 0 Å². The van der Waals surface area contributed by atoms with Gasteiger partial charge in [0.25, 0.3) is 5.78 Å². The van der Waals surface area contributed by atoms with Crippen LogP contribution in [-0.4, -0.2) is 66.4 Å². The smallest absolute Gasteiger partial charge is 0.273 e. The van der Waals surface area contributed by atoms with Gasteiger partial charge in [-0.1, -0.05) is 36.5 Å². The number of Topliss-reactive ketones (excluding diaryl/α,β-unsaturated/α-hetero) is 3. The number of allylic oxidation sites excluding steroid dienone is 4. The molecule has 0 spiro atoms. The molecule has 2 aliphatic rings. The number of rotatable bonds is 6. The first kappa shape index (κ1) is 20.2. The van der Waals surface area contributed by atoms with E-state index in [-0.39, 0.29) is 11.1 Å². The number of carbonyl (C=O) groups is 3. The minimum atomic E-state index is -0.973. The van der Waals surface area contributed by atoms with E-state index in [4.69, 9.17) is 0 Å². The van der Waals surface area contributed by atoms with Crippen molar-refractivity contribution < 1.29 is 14.4 Å². The van der Waals surface area contributed by atoms with Gasteiger partial charge < -0.3 is 9.80 Å². The molecule has 26 heavy (non-hydrogen) atoms. The molecule has 0 saturated carbocycles. The molecule has 5 nitrogen and oxygen atoms in total. The van der Waals surface area contributed by atoms with E-state index in [1.165, 1.54) is 0 Å². The highest BCUT2D eigenvalue weighted by molar-refractivity contribution is 6.70. The minimum absolute atomic E-state index is 0.192. The molecule has 2 aliphatic carbocycles. The summed E-state index contributed by atoms with van der Waals surface area (Å²) in [6, 6.07) is 0. The fourth-order valence-corrected chi connectivity index (χ4v) is 2.81. The highest BCUT2D eigenvalue weighted by Crippen LogP contribution is 2.27. The van der Waals surface area contributed by atoms with Gasteiger partial charge in [-0.25, -0.2) is 0 Å². The summed E-state index contributed by atoms with van der Waals surface area (Å²) in [5, 5.41) is 0. The number of carbonyl (C=O) groups excluding carboxylic acids is 3. The van der Waals surface area contributed by atoms with Crippen molar-refractivity contribution >= 4 is 17.3 Å². The van der Waals surface area contributed by atoms with Crippen LogP contribution in [0.5, 0.6) is 0 Å². The first-order chi connectivity index (χ1) is 12.0. The second-order valence-corrected chi connectivity index (χ2v) is 7.88. The normalized spacial score (nSPS) is 28.2. The predicted octanol–water partition coefficient (Wildman–Crippen LogP) is 2.11. The highest BCUT2D eigenvalue weighted by Gasteiger charge is 2.33. The molecule has 5 heteroatoms. The molecule has 0 aromatic heterocycles. The maximum absolute atomic E-state index is 12.4. The molecule has 0 saturated heterocycles. The Kier molecular flexibility index (Phi) is 5.64. The van der Waals surface area contributed by atoms with E-state index in [0.717, 1.165) is 0 Å². The Hall–Kier alpha value is -2.11. The highest BCUT2D eigenvalue weighted by atomic mass is 16.2. The molecule has 0 aromatic rings. The summed E-state index contributed by atoms with van der Waals surface area (Å²) in [4.78, 5) is 41.3. The minimum Gasteiger partial charge on any atom is -0.300 e. The van der Waals surface area contributed by atoms with Crippen molar-refractivity contribution in [2.24, 2.45) is 0 Å². The first-order valence-corrected chi connectivity index (χ1v) is 8.77. The average Bonchev–Trinajstić information content (AvgIpc) is 2.61. The second-order valence-electron chi connectivity index (χ2n) is 7.88. The van der Waals surface area contributed by atoms with Gasteiger partial charge in [-0.2, -0.15) is 0 Å². The topological polar surface area (TPSA) is 57.7 Å². The van der Waals surface area contributed by atoms with Crippen molar-refractivity contribution in [2.45, 2.75) is 37.8 Å². The van der Waals surface area contributed by atoms with Crippen LogP contribution in [0.1, 0.15) is 26.7 Å². The summed E-state index contributed by atoms with van der Waals surface area (Å²) in [5.41, 5.74) is 0.201. The Morgan fingerprint density at radius 2 is 1.12 bits per heavy atom. The molecular formula is C21H28N2O3. The Bertz CT molecular complexity index is 693. The molecule has 0 radical (unpaired) electrons. The zero-order valence-corrected chi connectivity index (χ0v) is 16.5. The van der Waals surface area contributed by atoms with E-state index in [2.05, 4.69) is 0 Å². The maximum atomic E-state index is 12.4. The average molecular weight is 356 g/mol. The molecule has 2 atom stereocenters. The SMILES string of the molecule is CN(C)C1(C)C=CC(C(=O)C(=O)C(=O)C2=CCC(C)(N(C)C)C=C2)=CC1. The zero-order chi connectivity index (χ0) is 19.7. The molecule has 140 valence electrons. The second kappa shape index (κ2) is 7.25. The lowest BCUT2D eigenvalue weighted by molar-refractivity contribution is -0.141. The van der Waals surface area contributed by atoms with E-state index in [9.17, 15) is 14.4 Å². The molecule has 2 rings (SSSR count). The van der Waals surface area contributed by atoms with Gasteiger partial charge in [0, 0.05) is 22.2 Å². The molecule has 0 fully saturated rings. The van der Waals surface area contributed by atoms with Gasteiger partial charge in [-0.05, 0) is 54.9 Å². The molecule has 0 heterocycles. The molecule has 0 amide bonds. The Morgan fingerprint density at radius 1 is 0.769 bits per heavy atom. The van der Waals surface area contributed by atoms with E-state index >= 15 is 0 Å². The third-order valence-electron chi connectivity index (χ3n) is 5.69. The largest absolute Gasteiger partial charge is 0.300 e. The van der Waals surface area contributed by atoms with Gasteiger partial charge in [-0.15, -0.1) is 0 Å². The fourth-order valence-electron chi connectivity index (χ4n) is 2.81. The van der Waals surface area contributed by atoms with Gasteiger partial charge >= 0.3 is 0 Å². The summed E-state index contributed by atoms with van der Waals surface area (Å²) in [6.45, 7) is 4.10. The van der Waals surface area contributed by atoms with Gasteiger partial charge in [-0.3, -0.25) is 14.4 Å². The van der Waals surface area contributed by atoms with Crippen LogP contribution in [0.2, 0.25) is 0 Å². The van der Waals surface area contributed by atoms with E-state index in [1.807, 2.05) is 64.0 Å². The number of likely N-dealkylation sites (N-methyl/N-ethyl adjacent to an activating group) is 2. The van der Waals surface area contributed by atoms with Gasteiger partial charge in [0.15, 0.2) is 0 Å². The maximum Gasteiger partial charge on any atom is 0.273 e. The zero-order valence-electron chi connectivity index (χ0n) is 16.5. The van der Waals surface area contributed by atoms with Crippen LogP contribution in [0.25, 0.3) is 0 Å². The number of nitrogens with zero attached hydrogens (tertiary/aromatic N) is 2. The van der Waals surface area contributed by atoms with Gasteiger partial charge in [0.1, 0.15) is 0 Å². The van der Waals surface area contributed by atoms with E-state index < -0.39 is 17.3 Å². The number of ketones is 3. The summed E-state index contributed by atoms with van der Waals surface area (Å²) < 4.78 is 0.